The molecule has 7 nitrogen and oxygen atoms in total. The standard InChI is InChI=1S/C16H19N5O2S/c17-8-12-9-18-21-14(22)7-13(19-15(12)21)10-20-3-4-23-16(11-20)1-5-24-6-2-16/h7,9,18H,1-6,10-11H2. The van der Waals surface area contributed by atoms with Crippen molar-refractivity contribution >= 4 is 17.4 Å². The molecule has 1 N–H and O–H groups in total. The number of hydrogen-bond acceptors (Lipinski definition) is 6. The van der Waals surface area contributed by atoms with Crippen LogP contribution in [0.3, 0.4) is 0 Å². The van der Waals surface area contributed by atoms with E-state index in [9.17, 15) is 4.79 Å². The Kier molecular flexibility index (Phi) is 4.08. The zero-order chi connectivity index (χ0) is 16.6. The van der Waals surface area contributed by atoms with E-state index in [2.05, 4.69) is 21.1 Å². The first-order chi connectivity index (χ1) is 11.7. The summed E-state index contributed by atoms with van der Waals surface area (Å²) in [5.41, 5.74) is 1.27. The quantitative estimate of drug-likeness (QED) is 0.874. The Morgan fingerprint density at radius 3 is 3.08 bits per heavy atom. The molecule has 4 heterocycles. The Morgan fingerprint density at radius 2 is 2.29 bits per heavy atom. The minimum Gasteiger partial charge on any atom is -0.372 e. The highest BCUT2D eigenvalue weighted by molar-refractivity contribution is 7.99. The Morgan fingerprint density at radius 1 is 1.46 bits per heavy atom. The average molecular weight is 345 g/mol. The molecular weight excluding hydrogens is 326 g/mol. The molecule has 4 rings (SSSR count). The van der Waals surface area contributed by atoms with Gasteiger partial charge in [0.05, 0.1) is 17.9 Å². The number of nitriles is 1. The van der Waals surface area contributed by atoms with E-state index < -0.39 is 0 Å². The first-order valence-corrected chi connectivity index (χ1v) is 9.29. The maximum absolute atomic E-state index is 12.2. The molecule has 24 heavy (non-hydrogen) atoms. The normalized spacial score (nSPS) is 21.1. The van der Waals surface area contributed by atoms with Crippen LogP contribution >= 0.6 is 11.8 Å². The second kappa shape index (κ2) is 6.24. The van der Waals surface area contributed by atoms with Crippen LogP contribution in [0, 0.1) is 11.3 Å². The number of aromatic amines is 1. The molecule has 0 saturated carbocycles. The van der Waals surface area contributed by atoms with Crippen LogP contribution in [0.4, 0.5) is 0 Å². The highest BCUT2D eigenvalue weighted by atomic mass is 32.2. The lowest BCUT2D eigenvalue weighted by molar-refractivity contribution is -0.115. The van der Waals surface area contributed by atoms with E-state index in [0.717, 1.165) is 44.0 Å². The van der Waals surface area contributed by atoms with Gasteiger partial charge in [-0.15, -0.1) is 0 Å². The van der Waals surface area contributed by atoms with Gasteiger partial charge in [0, 0.05) is 31.9 Å². The molecule has 2 aromatic rings. The van der Waals surface area contributed by atoms with Crippen molar-refractivity contribution in [2.75, 3.05) is 31.2 Å². The van der Waals surface area contributed by atoms with Crippen molar-refractivity contribution in [2.45, 2.75) is 25.0 Å². The molecule has 0 aliphatic carbocycles. The number of morpholine rings is 1. The molecule has 0 aromatic carbocycles. The Balaban J connectivity index is 1.57. The Hall–Kier alpha value is -1.82. The van der Waals surface area contributed by atoms with Gasteiger partial charge in [-0.2, -0.15) is 17.0 Å². The fourth-order valence-electron chi connectivity index (χ4n) is 3.53. The topological polar surface area (TPSA) is 86.4 Å². The predicted octanol–water partition coefficient (Wildman–Crippen LogP) is 0.992. The monoisotopic (exact) mass is 345 g/mol. The summed E-state index contributed by atoms with van der Waals surface area (Å²) in [6.07, 6.45) is 3.68. The van der Waals surface area contributed by atoms with Crippen LogP contribution in [-0.4, -0.2) is 56.3 Å². The van der Waals surface area contributed by atoms with Gasteiger partial charge in [-0.3, -0.25) is 14.8 Å². The van der Waals surface area contributed by atoms with Crippen LogP contribution in [0.25, 0.3) is 5.65 Å². The first kappa shape index (κ1) is 15.7. The van der Waals surface area contributed by atoms with Crippen molar-refractivity contribution < 1.29 is 4.74 Å². The number of fused-ring (bicyclic) bond motifs is 1. The molecule has 2 aliphatic rings. The molecule has 8 heteroatoms. The zero-order valence-corrected chi connectivity index (χ0v) is 14.1. The van der Waals surface area contributed by atoms with Crippen LogP contribution in [-0.2, 0) is 11.3 Å². The smallest absolute Gasteiger partial charge is 0.272 e. The van der Waals surface area contributed by atoms with Crippen molar-refractivity contribution in [3.63, 3.8) is 0 Å². The predicted molar refractivity (Wildman–Crippen MR) is 91.0 cm³/mol. The van der Waals surface area contributed by atoms with Gasteiger partial charge in [0.2, 0.25) is 0 Å². The van der Waals surface area contributed by atoms with E-state index in [-0.39, 0.29) is 11.2 Å². The fourth-order valence-corrected chi connectivity index (χ4v) is 4.76. The van der Waals surface area contributed by atoms with Gasteiger partial charge in [0.1, 0.15) is 11.6 Å². The molecule has 2 fully saturated rings. The molecule has 126 valence electrons. The third-order valence-electron chi connectivity index (χ3n) is 4.79. The van der Waals surface area contributed by atoms with Gasteiger partial charge in [0.15, 0.2) is 5.65 Å². The maximum Gasteiger partial charge on any atom is 0.272 e. The number of ether oxygens (including phenoxy) is 1. The molecule has 0 bridgehead atoms. The number of thioether (sulfide) groups is 1. The first-order valence-electron chi connectivity index (χ1n) is 8.13. The van der Waals surface area contributed by atoms with Gasteiger partial charge < -0.3 is 4.74 Å². The summed E-state index contributed by atoms with van der Waals surface area (Å²) in [4.78, 5) is 19.0. The van der Waals surface area contributed by atoms with E-state index in [1.54, 1.807) is 6.07 Å². The van der Waals surface area contributed by atoms with E-state index in [1.165, 1.54) is 10.7 Å². The van der Waals surface area contributed by atoms with Crippen LogP contribution in [0.2, 0.25) is 0 Å². The maximum atomic E-state index is 12.2. The Labute approximate surface area is 143 Å². The number of nitrogens with one attached hydrogen (secondary N) is 1. The molecule has 0 radical (unpaired) electrons. The lowest BCUT2D eigenvalue weighted by Gasteiger charge is -2.44. The molecular formula is C16H19N5O2S. The van der Waals surface area contributed by atoms with E-state index in [1.807, 2.05) is 11.8 Å². The van der Waals surface area contributed by atoms with Crippen molar-refractivity contribution in [1.82, 2.24) is 19.5 Å². The van der Waals surface area contributed by atoms with Crippen molar-refractivity contribution in [3.05, 3.63) is 33.9 Å². The lowest BCUT2D eigenvalue weighted by Crippen LogP contribution is -2.53. The van der Waals surface area contributed by atoms with E-state index in [0.29, 0.717) is 23.4 Å². The summed E-state index contributed by atoms with van der Waals surface area (Å²) in [5.74, 6) is 2.29. The fraction of sp³-hybridized carbons (Fsp3) is 0.562. The molecule has 0 amide bonds. The number of aromatic nitrogens is 3. The molecule has 2 aliphatic heterocycles. The number of nitrogens with zero attached hydrogens (tertiary/aromatic N) is 4. The van der Waals surface area contributed by atoms with Gasteiger partial charge in [-0.1, -0.05) is 0 Å². The molecule has 0 unspecified atom stereocenters. The highest BCUT2D eigenvalue weighted by Gasteiger charge is 2.38. The number of rotatable bonds is 2. The molecule has 0 atom stereocenters. The summed E-state index contributed by atoms with van der Waals surface area (Å²) in [5, 5.41) is 11.9. The zero-order valence-electron chi connectivity index (χ0n) is 13.3. The summed E-state index contributed by atoms with van der Waals surface area (Å²) >= 11 is 1.99. The third-order valence-corrected chi connectivity index (χ3v) is 5.77. The van der Waals surface area contributed by atoms with Crippen LogP contribution < -0.4 is 5.56 Å². The summed E-state index contributed by atoms with van der Waals surface area (Å²) < 4.78 is 7.41. The third kappa shape index (κ3) is 2.83. The highest BCUT2D eigenvalue weighted by Crippen LogP contribution is 2.33. The molecule has 1 spiro atoms. The second-order valence-corrected chi connectivity index (χ2v) is 7.62. The minimum atomic E-state index is -0.187. The van der Waals surface area contributed by atoms with Crippen LogP contribution in [0.5, 0.6) is 0 Å². The SMILES string of the molecule is N#Cc1c[nH]n2c(=O)cc(CN3CCOC4(CCSCC4)C3)nc12. The van der Waals surface area contributed by atoms with Crippen molar-refractivity contribution in [1.29, 1.82) is 5.26 Å². The molecule has 2 saturated heterocycles. The van der Waals surface area contributed by atoms with Crippen molar-refractivity contribution in [2.24, 2.45) is 0 Å². The van der Waals surface area contributed by atoms with Gasteiger partial charge in [-0.25, -0.2) is 9.50 Å². The minimum absolute atomic E-state index is 0.0332. The number of hydrogen-bond donors (Lipinski definition) is 1. The van der Waals surface area contributed by atoms with Crippen LogP contribution in [0.15, 0.2) is 17.1 Å². The average Bonchev–Trinajstić information content (AvgIpc) is 2.99. The van der Waals surface area contributed by atoms with Crippen molar-refractivity contribution in [3.8, 4) is 6.07 Å². The van der Waals surface area contributed by atoms with E-state index >= 15 is 0 Å². The summed E-state index contributed by atoms with van der Waals surface area (Å²) in [7, 11) is 0. The van der Waals surface area contributed by atoms with E-state index in [4.69, 9.17) is 10.00 Å². The summed E-state index contributed by atoms with van der Waals surface area (Å²) in [6.45, 7) is 3.06. The van der Waals surface area contributed by atoms with Gasteiger partial charge >= 0.3 is 0 Å². The summed E-state index contributed by atoms with van der Waals surface area (Å²) in [6, 6.07) is 3.61. The second-order valence-electron chi connectivity index (χ2n) is 6.40. The Bertz CT molecular complexity index is 841. The largest absolute Gasteiger partial charge is 0.372 e. The molecule has 2 aromatic heterocycles. The van der Waals surface area contributed by atoms with Gasteiger partial charge in [-0.05, 0) is 24.3 Å². The van der Waals surface area contributed by atoms with Crippen LogP contribution in [0.1, 0.15) is 24.1 Å². The van der Waals surface area contributed by atoms with Gasteiger partial charge in [0.25, 0.3) is 5.56 Å². The number of H-pyrrole nitrogens is 1. The lowest BCUT2D eigenvalue weighted by atomic mass is 9.94.